The lowest BCUT2D eigenvalue weighted by atomic mass is 9.69. The van der Waals surface area contributed by atoms with Gasteiger partial charge in [0.15, 0.2) is 0 Å². The molecule has 1 heterocycles. The van der Waals surface area contributed by atoms with Crippen LogP contribution in [0.25, 0.3) is 0 Å². The Balaban J connectivity index is 2.18. The summed E-state index contributed by atoms with van der Waals surface area (Å²) in [7, 11) is 0. The molecule has 0 aromatic heterocycles. The molecule has 0 aromatic carbocycles. The summed E-state index contributed by atoms with van der Waals surface area (Å²) in [6.45, 7) is 3.65. The predicted molar refractivity (Wildman–Crippen MR) is 27.0 cm³/mol. The van der Waals surface area contributed by atoms with Crippen LogP contribution in [0.4, 0.5) is 0 Å². The molecule has 1 nitrogen and oxygen atoms in total. The first-order valence-electron chi connectivity index (χ1n) is 2.51. The molecule has 0 aromatic rings. The average Bonchev–Trinajstić information content (AvgIpc) is 1.86. The second-order valence-electron chi connectivity index (χ2n) is 1.82. The van der Waals surface area contributed by atoms with Crippen molar-refractivity contribution in [1.29, 1.82) is 0 Å². The van der Waals surface area contributed by atoms with Gasteiger partial charge in [0.2, 0.25) is 0 Å². The summed E-state index contributed by atoms with van der Waals surface area (Å²) in [4.78, 5) is 0. The Labute approximate surface area is 38.8 Å². The van der Waals surface area contributed by atoms with Gasteiger partial charge >= 0.3 is 0 Å². The standard InChI is InChI=1S/C4H9BO/c1-5-3-2-4-6-5/h2-4H2,1H3. The molecule has 0 N–H and O–H groups in total. The molecule has 0 atom stereocenters. The van der Waals surface area contributed by atoms with Crippen LogP contribution in [0.3, 0.4) is 0 Å². The van der Waals surface area contributed by atoms with E-state index in [9.17, 15) is 0 Å². The Hall–Kier alpha value is 0.0249. The van der Waals surface area contributed by atoms with Crippen molar-refractivity contribution in [1.82, 2.24) is 0 Å². The summed E-state index contributed by atoms with van der Waals surface area (Å²) in [5, 5.41) is 0. The van der Waals surface area contributed by atoms with Crippen LogP contribution in [-0.2, 0) is 4.65 Å². The van der Waals surface area contributed by atoms with Gasteiger partial charge in [0, 0.05) is 6.61 Å². The zero-order chi connectivity index (χ0) is 4.41. The second kappa shape index (κ2) is 1.65. The molecule has 34 valence electrons. The molecule has 0 saturated carbocycles. The van der Waals surface area contributed by atoms with Crippen molar-refractivity contribution in [2.75, 3.05) is 6.61 Å². The van der Waals surface area contributed by atoms with E-state index < -0.39 is 0 Å². The van der Waals surface area contributed by atoms with Crippen LogP contribution < -0.4 is 0 Å². The fourth-order valence-corrected chi connectivity index (χ4v) is 0.739. The van der Waals surface area contributed by atoms with E-state index in [1.54, 1.807) is 0 Å². The molecule has 0 bridgehead atoms. The maximum absolute atomic E-state index is 5.15. The maximum atomic E-state index is 5.15. The molecule has 0 spiro atoms. The number of hydrogen-bond acceptors (Lipinski definition) is 1. The lowest BCUT2D eigenvalue weighted by molar-refractivity contribution is 0.363. The molecule has 1 fully saturated rings. The van der Waals surface area contributed by atoms with E-state index in [1.807, 2.05) is 0 Å². The summed E-state index contributed by atoms with van der Waals surface area (Å²) in [5.41, 5.74) is 0. The van der Waals surface area contributed by atoms with Gasteiger partial charge in [0.05, 0.1) is 0 Å². The van der Waals surface area contributed by atoms with Crippen molar-refractivity contribution in [3.05, 3.63) is 0 Å². The summed E-state index contributed by atoms with van der Waals surface area (Å²) in [5.74, 6) is 0. The topological polar surface area (TPSA) is 9.23 Å². The average molecular weight is 83.9 g/mol. The van der Waals surface area contributed by atoms with E-state index in [1.165, 1.54) is 12.7 Å². The molecule has 1 aliphatic heterocycles. The molecule has 1 aliphatic rings. The van der Waals surface area contributed by atoms with Gasteiger partial charge in [-0.05, 0) is 12.7 Å². The SMILES string of the molecule is CB1CCCO1. The van der Waals surface area contributed by atoms with E-state index in [0.717, 1.165) is 6.61 Å². The zero-order valence-corrected chi connectivity index (χ0v) is 4.11. The Morgan fingerprint density at radius 3 is 2.67 bits per heavy atom. The summed E-state index contributed by atoms with van der Waals surface area (Å²) in [6.07, 6.45) is 2.53. The molecule has 1 rings (SSSR count). The van der Waals surface area contributed by atoms with Crippen molar-refractivity contribution in [2.24, 2.45) is 0 Å². The molecule has 0 radical (unpaired) electrons. The molecular formula is C4H9BO. The third-order valence-electron chi connectivity index (χ3n) is 1.16. The van der Waals surface area contributed by atoms with Crippen LogP contribution in [0.2, 0.25) is 13.1 Å². The van der Waals surface area contributed by atoms with E-state index >= 15 is 0 Å². The van der Waals surface area contributed by atoms with Gasteiger partial charge in [0.1, 0.15) is 0 Å². The predicted octanol–water partition coefficient (Wildman–Crippen LogP) is 1.03. The fraction of sp³-hybridized carbons (Fsp3) is 1.00. The highest BCUT2D eigenvalue weighted by atomic mass is 16.4. The van der Waals surface area contributed by atoms with E-state index in [-0.39, 0.29) is 0 Å². The van der Waals surface area contributed by atoms with Crippen molar-refractivity contribution in [3.8, 4) is 0 Å². The van der Waals surface area contributed by atoms with Crippen LogP contribution >= 0.6 is 0 Å². The highest BCUT2D eigenvalue weighted by Gasteiger charge is 2.12. The summed E-state index contributed by atoms with van der Waals surface area (Å²) < 4.78 is 5.15. The van der Waals surface area contributed by atoms with Crippen LogP contribution in [0.15, 0.2) is 0 Å². The molecule has 6 heavy (non-hydrogen) atoms. The third-order valence-corrected chi connectivity index (χ3v) is 1.16. The quantitative estimate of drug-likeness (QED) is 0.398. The Kier molecular flexibility index (Phi) is 1.15. The zero-order valence-electron chi connectivity index (χ0n) is 4.11. The Morgan fingerprint density at radius 2 is 2.50 bits per heavy atom. The van der Waals surface area contributed by atoms with Crippen molar-refractivity contribution in [3.63, 3.8) is 0 Å². The fourth-order valence-electron chi connectivity index (χ4n) is 0.739. The maximum Gasteiger partial charge on any atom is 0.289 e. The van der Waals surface area contributed by atoms with E-state index in [4.69, 9.17) is 4.65 Å². The minimum atomic E-state index is 0.546. The largest absolute Gasteiger partial charge is 0.436 e. The monoisotopic (exact) mass is 84.1 g/mol. The van der Waals surface area contributed by atoms with Crippen LogP contribution in [0, 0.1) is 0 Å². The van der Waals surface area contributed by atoms with Gasteiger partial charge < -0.3 is 4.65 Å². The summed E-state index contributed by atoms with van der Waals surface area (Å²) in [6, 6.07) is 0. The minimum absolute atomic E-state index is 0.546. The smallest absolute Gasteiger partial charge is 0.289 e. The van der Waals surface area contributed by atoms with Crippen LogP contribution in [0.5, 0.6) is 0 Å². The third kappa shape index (κ3) is 0.746. The van der Waals surface area contributed by atoms with Crippen molar-refractivity contribution < 1.29 is 4.65 Å². The highest BCUT2D eigenvalue weighted by Crippen LogP contribution is 2.07. The van der Waals surface area contributed by atoms with E-state index in [2.05, 4.69) is 6.82 Å². The lowest BCUT2D eigenvalue weighted by Gasteiger charge is -1.88. The van der Waals surface area contributed by atoms with Crippen LogP contribution in [0.1, 0.15) is 6.42 Å². The highest BCUT2D eigenvalue weighted by molar-refractivity contribution is 6.50. The van der Waals surface area contributed by atoms with Gasteiger partial charge in [0.25, 0.3) is 6.92 Å². The number of rotatable bonds is 0. The first-order valence-corrected chi connectivity index (χ1v) is 2.51. The normalized spacial score (nSPS) is 22.5. The Bertz CT molecular complexity index is 40.8. The van der Waals surface area contributed by atoms with E-state index in [0.29, 0.717) is 6.92 Å². The molecule has 2 heteroatoms. The van der Waals surface area contributed by atoms with Gasteiger partial charge in [-0.2, -0.15) is 0 Å². The van der Waals surface area contributed by atoms with Crippen molar-refractivity contribution >= 4 is 6.92 Å². The van der Waals surface area contributed by atoms with Gasteiger partial charge in [-0.1, -0.05) is 6.82 Å². The van der Waals surface area contributed by atoms with Gasteiger partial charge in [-0.3, -0.25) is 0 Å². The van der Waals surface area contributed by atoms with Crippen molar-refractivity contribution in [2.45, 2.75) is 19.6 Å². The number of hydrogen-bond donors (Lipinski definition) is 0. The van der Waals surface area contributed by atoms with Gasteiger partial charge in [-0.25, -0.2) is 0 Å². The molecule has 1 saturated heterocycles. The first kappa shape index (κ1) is 4.19. The molecule has 0 aliphatic carbocycles. The minimum Gasteiger partial charge on any atom is -0.436 e. The molecular weight excluding hydrogens is 74.9 g/mol. The summed E-state index contributed by atoms with van der Waals surface area (Å²) >= 11 is 0. The Morgan fingerprint density at radius 1 is 1.67 bits per heavy atom. The second-order valence-corrected chi connectivity index (χ2v) is 1.82. The lowest BCUT2D eigenvalue weighted by Crippen LogP contribution is -2.01. The van der Waals surface area contributed by atoms with Gasteiger partial charge in [-0.15, -0.1) is 0 Å². The molecule has 0 amide bonds. The first-order chi connectivity index (χ1) is 2.89. The molecule has 0 unspecified atom stereocenters. The van der Waals surface area contributed by atoms with Crippen LogP contribution in [-0.4, -0.2) is 13.5 Å².